The smallest absolute Gasteiger partial charge is 0.246 e. The SMILES string of the molecule is CC(N)C1CCN(S(=O)(=O)c2ccc(F)c(F)c2F)CC1.Cl. The van der Waals surface area contributed by atoms with E-state index in [1.54, 1.807) is 0 Å². The Labute approximate surface area is 133 Å². The van der Waals surface area contributed by atoms with E-state index in [4.69, 9.17) is 5.73 Å². The van der Waals surface area contributed by atoms with Crippen LogP contribution in [0.25, 0.3) is 0 Å². The molecule has 22 heavy (non-hydrogen) atoms. The van der Waals surface area contributed by atoms with E-state index in [2.05, 4.69) is 0 Å². The molecule has 0 bridgehead atoms. The molecule has 126 valence electrons. The Bertz CT molecular complexity index is 632. The number of rotatable bonds is 3. The zero-order valence-electron chi connectivity index (χ0n) is 11.9. The van der Waals surface area contributed by atoms with Crippen LogP contribution in [0.4, 0.5) is 13.2 Å². The molecule has 2 N–H and O–H groups in total. The molecule has 1 heterocycles. The largest absolute Gasteiger partial charge is 0.328 e. The second-order valence-electron chi connectivity index (χ2n) is 5.27. The summed E-state index contributed by atoms with van der Waals surface area (Å²) in [6.07, 6.45) is 1.12. The van der Waals surface area contributed by atoms with E-state index in [9.17, 15) is 21.6 Å². The highest BCUT2D eigenvalue weighted by molar-refractivity contribution is 7.89. The van der Waals surface area contributed by atoms with Gasteiger partial charge in [0.25, 0.3) is 0 Å². The lowest BCUT2D eigenvalue weighted by Gasteiger charge is -2.32. The van der Waals surface area contributed by atoms with Crippen LogP contribution in [-0.4, -0.2) is 31.9 Å². The third kappa shape index (κ3) is 3.56. The minimum atomic E-state index is -4.17. The van der Waals surface area contributed by atoms with E-state index >= 15 is 0 Å². The summed E-state index contributed by atoms with van der Waals surface area (Å²) in [7, 11) is -4.17. The molecule has 0 radical (unpaired) electrons. The fraction of sp³-hybridized carbons (Fsp3) is 0.538. The number of halogens is 4. The molecule has 4 nitrogen and oxygen atoms in total. The summed E-state index contributed by atoms with van der Waals surface area (Å²) in [4.78, 5) is -0.833. The number of nitrogens with zero attached hydrogens (tertiary/aromatic N) is 1. The predicted octanol–water partition coefficient (Wildman–Crippen LogP) is 2.27. The summed E-state index contributed by atoms with van der Waals surface area (Å²) >= 11 is 0. The maximum absolute atomic E-state index is 13.7. The van der Waals surface area contributed by atoms with Crippen LogP contribution in [0.15, 0.2) is 17.0 Å². The van der Waals surface area contributed by atoms with Gasteiger partial charge in [0.2, 0.25) is 10.0 Å². The van der Waals surface area contributed by atoms with Crippen LogP contribution >= 0.6 is 12.4 Å². The van der Waals surface area contributed by atoms with Gasteiger partial charge in [-0.25, -0.2) is 21.6 Å². The molecule has 1 aliphatic rings. The molecule has 1 fully saturated rings. The molecule has 0 spiro atoms. The van der Waals surface area contributed by atoms with Crippen molar-refractivity contribution in [3.63, 3.8) is 0 Å². The Hall–Kier alpha value is -0.830. The zero-order valence-corrected chi connectivity index (χ0v) is 13.6. The number of hydrogen-bond donors (Lipinski definition) is 1. The second-order valence-corrected chi connectivity index (χ2v) is 7.18. The van der Waals surface area contributed by atoms with Gasteiger partial charge in [0.1, 0.15) is 4.90 Å². The Balaban J connectivity index is 0.00000242. The van der Waals surface area contributed by atoms with Gasteiger partial charge >= 0.3 is 0 Å². The quantitative estimate of drug-likeness (QED) is 0.843. The number of nitrogens with two attached hydrogens (primary N) is 1. The minimum absolute atomic E-state index is 0. The lowest BCUT2D eigenvalue weighted by atomic mass is 9.92. The van der Waals surface area contributed by atoms with E-state index in [1.165, 1.54) is 0 Å². The Kier molecular flexibility index (Phi) is 6.26. The Morgan fingerprint density at radius 3 is 2.23 bits per heavy atom. The van der Waals surface area contributed by atoms with E-state index in [-0.39, 0.29) is 37.5 Å². The van der Waals surface area contributed by atoms with Gasteiger partial charge in [-0.15, -0.1) is 12.4 Å². The standard InChI is InChI=1S/C13H17F3N2O2S.ClH/c1-8(17)9-4-6-18(7-5-9)21(19,20)11-3-2-10(14)12(15)13(11)16;/h2-3,8-9H,4-7,17H2,1H3;1H. The molecular weight excluding hydrogens is 341 g/mol. The molecule has 0 aliphatic carbocycles. The van der Waals surface area contributed by atoms with Gasteiger partial charge in [-0.05, 0) is 37.8 Å². The molecule has 1 aromatic carbocycles. The van der Waals surface area contributed by atoms with Crippen LogP contribution in [0.3, 0.4) is 0 Å². The van der Waals surface area contributed by atoms with Gasteiger partial charge in [0.15, 0.2) is 17.5 Å². The fourth-order valence-corrected chi connectivity index (χ4v) is 4.01. The number of benzene rings is 1. The molecule has 1 unspecified atom stereocenters. The summed E-state index contributed by atoms with van der Waals surface area (Å²) in [5, 5.41) is 0. The van der Waals surface area contributed by atoms with Crippen molar-refractivity contribution in [3.8, 4) is 0 Å². The lowest BCUT2D eigenvalue weighted by molar-refractivity contribution is 0.250. The van der Waals surface area contributed by atoms with Crippen molar-refractivity contribution >= 4 is 22.4 Å². The van der Waals surface area contributed by atoms with E-state index in [1.807, 2.05) is 6.92 Å². The van der Waals surface area contributed by atoms with Crippen molar-refractivity contribution in [1.82, 2.24) is 4.31 Å². The molecule has 1 aliphatic heterocycles. The third-order valence-corrected chi connectivity index (χ3v) is 5.78. The summed E-state index contributed by atoms with van der Waals surface area (Å²) in [5.74, 6) is -4.67. The van der Waals surface area contributed by atoms with E-state index in [0.29, 0.717) is 18.9 Å². The highest BCUT2D eigenvalue weighted by Crippen LogP contribution is 2.27. The number of hydrogen-bond acceptors (Lipinski definition) is 3. The summed E-state index contributed by atoms with van der Waals surface area (Å²) < 4.78 is 65.5. The topological polar surface area (TPSA) is 63.4 Å². The first-order chi connectivity index (χ1) is 9.75. The second kappa shape index (κ2) is 7.16. The monoisotopic (exact) mass is 358 g/mol. The van der Waals surface area contributed by atoms with Crippen molar-refractivity contribution in [2.24, 2.45) is 11.7 Å². The predicted molar refractivity (Wildman–Crippen MR) is 78.7 cm³/mol. The van der Waals surface area contributed by atoms with Crippen LogP contribution in [-0.2, 0) is 10.0 Å². The van der Waals surface area contributed by atoms with Gasteiger partial charge in [0, 0.05) is 19.1 Å². The lowest BCUT2D eigenvalue weighted by Crippen LogP contribution is -2.42. The number of piperidine rings is 1. The number of sulfonamides is 1. The zero-order chi connectivity index (χ0) is 15.8. The fourth-order valence-electron chi connectivity index (χ4n) is 2.49. The Morgan fingerprint density at radius 1 is 1.18 bits per heavy atom. The van der Waals surface area contributed by atoms with Gasteiger partial charge in [-0.2, -0.15) is 4.31 Å². The maximum Gasteiger partial charge on any atom is 0.246 e. The molecule has 9 heteroatoms. The normalized spacial score (nSPS) is 18.8. The molecule has 2 rings (SSSR count). The van der Waals surface area contributed by atoms with Crippen LogP contribution in [0.1, 0.15) is 19.8 Å². The molecular formula is C13H18ClF3N2O2S. The van der Waals surface area contributed by atoms with E-state index < -0.39 is 32.4 Å². The molecule has 1 saturated heterocycles. The highest BCUT2D eigenvalue weighted by atomic mass is 35.5. The van der Waals surface area contributed by atoms with Crippen molar-refractivity contribution in [3.05, 3.63) is 29.6 Å². The van der Waals surface area contributed by atoms with Crippen LogP contribution < -0.4 is 5.73 Å². The molecule has 0 amide bonds. The van der Waals surface area contributed by atoms with Crippen molar-refractivity contribution in [2.75, 3.05) is 13.1 Å². The minimum Gasteiger partial charge on any atom is -0.328 e. The van der Waals surface area contributed by atoms with Crippen LogP contribution in [0.2, 0.25) is 0 Å². The first kappa shape index (κ1) is 19.2. The van der Waals surface area contributed by atoms with Crippen molar-refractivity contribution in [2.45, 2.75) is 30.7 Å². The van der Waals surface area contributed by atoms with Crippen LogP contribution in [0.5, 0.6) is 0 Å². The third-order valence-electron chi connectivity index (χ3n) is 3.86. The highest BCUT2D eigenvalue weighted by Gasteiger charge is 2.33. The summed E-state index contributed by atoms with van der Waals surface area (Å²) in [5.41, 5.74) is 5.77. The molecule has 1 aromatic rings. The summed E-state index contributed by atoms with van der Waals surface area (Å²) in [6, 6.07) is 1.32. The van der Waals surface area contributed by atoms with E-state index in [0.717, 1.165) is 10.4 Å². The molecule has 0 saturated carbocycles. The van der Waals surface area contributed by atoms with Gasteiger partial charge in [-0.1, -0.05) is 0 Å². The first-order valence-electron chi connectivity index (χ1n) is 6.64. The first-order valence-corrected chi connectivity index (χ1v) is 8.08. The summed E-state index contributed by atoms with van der Waals surface area (Å²) in [6.45, 7) is 2.23. The maximum atomic E-state index is 13.7. The van der Waals surface area contributed by atoms with Crippen molar-refractivity contribution in [1.29, 1.82) is 0 Å². The van der Waals surface area contributed by atoms with Crippen LogP contribution in [0, 0.1) is 23.4 Å². The Morgan fingerprint density at radius 2 is 1.73 bits per heavy atom. The molecule has 1 atom stereocenters. The average molecular weight is 359 g/mol. The van der Waals surface area contributed by atoms with Gasteiger partial charge in [0.05, 0.1) is 0 Å². The van der Waals surface area contributed by atoms with Crippen molar-refractivity contribution < 1.29 is 21.6 Å². The van der Waals surface area contributed by atoms with Gasteiger partial charge < -0.3 is 5.73 Å². The van der Waals surface area contributed by atoms with Gasteiger partial charge in [-0.3, -0.25) is 0 Å². The molecule has 0 aromatic heterocycles. The average Bonchev–Trinajstić information content (AvgIpc) is 2.44.